The van der Waals surface area contributed by atoms with Crippen LogP contribution >= 0.6 is 0 Å². The van der Waals surface area contributed by atoms with Crippen LogP contribution in [-0.4, -0.2) is 91.2 Å². The molecule has 4 aliphatic carbocycles. The molecular formula is C31H37FN2O11. The van der Waals surface area contributed by atoms with Crippen molar-refractivity contribution < 1.29 is 58.9 Å². The highest BCUT2D eigenvalue weighted by atomic mass is 19.1. The normalized spacial score (nSPS) is 36.9. The Morgan fingerprint density at radius 1 is 1.13 bits per heavy atom. The van der Waals surface area contributed by atoms with Gasteiger partial charge in [0.25, 0.3) is 5.91 Å². The fourth-order valence-electron chi connectivity index (χ4n) is 8.23. The quantitative estimate of drug-likeness (QED) is 0.167. The summed E-state index contributed by atoms with van der Waals surface area (Å²) in [6.45, 7) is 1.33. The molecule has 0 aromatic heterocycles. The number of fused-ring (bicyclic) bond motifs is 5. The first-order chi connectivity index (χ1) is 21.1. The van der Waals surface area contributed by atoms with E-state index in [2.05, 4.69) is 10.2 Å². The molecule has 0 unspecified atom stereocenters. The lowest BCUT2D eigenvalue weighted by atomic mass is 9.44. The molecule has 0 aliphatic heterocycles. The molecule has 1 aromatic carbocycles. The number of alkyl halides is 1. The van der Waals surface area contributed by atoms with Gasteiger partial charge >= 0.3 is 5.97 Å². The molecule has 13 nitrogen and oxygen atoms in total. The fraction of sp³-hybridized carbons (Fsp3) is 0.548. The SMILES string of the molecule is C[C@]12C=CC(=O)C=C1CC[C@H]1[C@@H]3C[C@@H](O)[C@](O)(C(=O)COC(=O)CNC(=O)c4cccc(CON(O)O)c4)[C@@]3(C)C[C@H](O)[C@@]12F. The molecule has 0 heterocycles. The zero-order chi connectivity index (χ0) is 32.9. The van der Waals surface area contributed by atoms with Gasteiger partial charge in [-0.3, -0.25) is 29.6 Å². The summed E-state index contributed by atoms with van der Waals surface area (Å²) in [4.78, 5) is 54.9. The van der Waals surface area contributed by atoms with Crippen molar-refractivity contribution in [3.8, 4) is 0 Å². The third-order valence-corrected chi connectivity index (χ3v) is 10.6. The van der Waals surface area contributed by atoms with Gasteiger partial charge in [0.2, 0.25) is 5.78 Å². The number of nitrogens with zero attached hydrogens (tertiary/aromatic N) is 1. The number of carbonyl (C=O) groups excluding carboxylic acids is 4. The number of ketones is 2. The van der Waals surface area contributed by atoms with Crippen LogP contribution in [0, 0.1) is 22.7 Å². The van der Waals surface area contributed by atoms with Gasteiger partial charge in [-0.2, -0.15) is 0 Å². The molecule has 0 bridgehead atoms. The zero-order valence-corrected chi connectivity index (χ0v) is 24.8. The number of hydrogen-bond donors (Lipinski definition) is 6. The average Bonchev–Trinajstić information content (AvgIpc) is 3.20. The number of rotatable bonds is 9. The molecule has 3 fully saturated rings. The minimum Gasteiger partial charge on any atom is -0.456 e. The topological polar surface area (TPSA) is 203 Å². The van der Waals surface area contributed by atoms with Gasteiger partial charge in [0.15, 0.2) is 23.7 Å². The lowest BCUT2D eigenvalue weighted by molar-refractivity contribution is -0.497. The van der Waals surface area contributed by atoms with Gasteiger partial charge in [0.05, 0.1) is 24.2 Å². The Bertz CT molecular complexity index is 1460. The predicted molar refractivity (Wildman–Crippen MR) is 150 cm³/mol. The highest BCUT2D eigenvalue weighted by molar-refractivity contribution is 6.01. The Hall–Kier alpha value is -3.37. The number of nitrogens with one attached hydrogen (secondary N) is 1. The Morgan fingerprint density at radius 3 is 2.58 bits per heavy atom. The van der Waals surface area contributed by atoms with E-state index in [0.29, 0.717) is 17.6 Å². The van der Waals surface area contributed by atoms with E-state index in [9.17, 15) is 34.5 Å². The highest BCUT2D eigenvalue weighted by Gasteiger charge is 2.76. The van der Waals surface area contributed by atoms with E-state index >= 15 is 4.39 Å². The first kappa shape index (κ1) is 33.0. The number of ether oxygens (including phenoxy) is 1. The van der Waals surface area contributed by atoms with Crippen molar-refractivity contribution in [3.05, 3.63) is 59.2 Å². The van der Waals surface area contributed by atoms with E-state index in [4.69, 9.17) is 15.2 Å². The molecule has 0 spiro atoms. The van der Waals surface area contributed by atoms with E-state index in [0.717, 1.165) is 0 Å². The van der Waals surface area contributed by atoms with Crippen molar-refractivity contribution in [2.24, 2.45) is 22.7 Å². The average molecular weight is 633 g/mol. The molecule has 0 saturated heterocycles. The van der Waals surface area contributed by atoms with Crippen LogP contribution in [0.4, 0.5) is 4.39 Å². The summed E-state index contributed by atoms with van der Waals surface area (Å²) in [7, 11) is 0. The van der Waals surface area contributed by atoms with E-state index in [1.807, 2.05) is 0 Å². The van der Waals surface area contributed by atoms with Crippen LogP contribution in [0.25, 0.3) is 0 Å². The summed E-state index contributed by atoms with van der Waals surface area (Å²) in [5.74, 6) is -4.52. The molecule has 14 heteroatoms. The van der Waals surface area contributed by atoms with E-state index in [1.165, 1.54) is 43.4 Å². The standard InChI is InChI=1S/C31H37FN2O11/c1-28-9-8-20(35)11-19(28)6-7-21-22-12-23(36)31(41,29(22,2)13-24(37)30(21,28)32)25(38)16-44-26(39)14-33-27(40)18-5-3-4-17(10-18)15-45-34(42)43/h3-5,8-11,21-24,36-37,41-43H,6-7,12-16H2,1-2H3,(H,33,40)/t21-,22-,23+,24-,28-,29-,30-,31-/m0/s1. The Kier molecular flexibility index (Phi) is 8.63. The van der Waals surface area contributed by atoms with Crippen molar-refractivity contribution in [1.29, 1.82) is 0 Å². The summed E-state index contributed by atoms with van der Waals surface area (Å²) >= 11 is 0. The number of aliphatic hydroxyl groups is 3. The number of esters is 1. The second kappa shape index (κ2) is 11.8. The van der Waals surface area contributed by atoms with Crippen LogP contribution in [0.3, 0.4) is 0 Å². The van der Waals surface area contributed by atoms with Crippen molar-refractivity contribution >= 4 is 23.4 Å². The summed E-state index contributed by atoms with van der Waals surface area (Å²) in [5, 5.41) is 53.4. The van der Waals surface area contributed by atoms with Crippen molar-refractivity contribution in [1.82, 2.24) is 10.7 Å². The summed E-state index contributed by atoms with van der Waals surface area (Å²) < 4.78 is 22.3. The summed E-state index contributed by atoms with van der Waals surface area (Å²) in [6, 6.07) is 5.90. The third-order valence-electron chi connectivity index (χ3n) is 10.6. The number of carbonyl (C=O) groups is 4. The van der Waals surface area contributed by atoms with Gasteiger partial charge in [0.1, 0.15) is 6.54 Å². The summed E-state index contributed by atoms with van der Waals surface area (Å²) in [5.41, 5.74) is -6.31. The molecule has 1 amide bonds. The van der Waals surface area contributed by atoms with Crippen LogP contribution in [0.5, 0.6) is 0 Å². The molecule has 4 aliphatic rings. The molecular weight excluding hydrogens is 595 g/mol. The second-order valence-electron chi connectivity index (χ2n) is 12.8. The number of aliphatic hydroxyl groups excluding tert-OH is 2. The smallest absolute Gasteiger partial charge is 0.325 e. The lowest BCUT2D eigenvalue weighted by Crippen LogP contribution is -2.69. The number of halogens is 1. The third kappa shape index (κ3) is 5.23. The van der Waals surface area contributed by atoms with Gasteiger partial charge in [-0.25, -0.2) is 9.23 Å². The van der Waals surface area contributed by atoms with Crippen LogP contribution in [-0.2, 0) is 30.6 Å². The first-order valence-electron chi connectivity index (χ1n) is 14.7. The van der Waals surface area contributed by atoms with Gasteiger partial charge in [-0.15, -0.1) is 0 Å². The molecule has 3 saturated carbocycles. The number of hydrogen-bond acceptors (Lipinski definition) is 12. The Morgan fingerprint density at radius 2 is 1.87 bits per heavy atom. The number of amides is 1. The van der Waals surface area contributed by atoms with E-state index in [-0.39, 0.29) is 37.2 Å². The van der Waals surface area contributed by atoms with Crippen LogP contribution in [0.15, 0.2) is 48.1 Å². The molecule has 0 radical (unpaired) electrons. The monoisotopic (exact) mass is 632 g/mol. The Balaban J connectivity index is 1.24. The van der Waals surface area contributed by atoms with Gasteiger partial charge in [-0.1, -0.05) is 30.7 Å². The zero-order valence-electron chi connectivity index (χ0n) is 24.8. The maximum atomic E-state index is 17.2. The minimum atomic E-state index is -2.46. The molecule has 5 rings (SSSR count). The first-order valence-corrected chi connectivity index (χ1v) is 14.7. The van der Waals surface area contributed by atoms with E-state index < -0.39 is 82.3 Å². The summed E-state index contributed by atoms with van der Waals surface area (Å²) in [6.07, 6.45) is 1.01. The maximum Gasteiger partial charge on any atom is 0.325 e. The van der Waals surface area contributed by atoms with Crippen LogP contribution in [0.1, 0.15) is 55.5 Å². The number of Topliss-reactive ketones (excluding diaryl/α,β-unsaturated/α-hetero) is 1. The number of benzene rings is 1. The van der Waals surface area contributed by atoms with Crippen molar-refractivity contribution in [2.45, 2.75) is 69.6 Å². The van der Waals surface area contributed by atoms with Crippen molar-refractivity contribution in [2.75, 3.05) is 13.2 Å². The van der Waals surface area contributed by atoms with Crippen LogP contribution in [0.2, 0.25) is 0 Å². The maximum absolute atomic E-state index is 17.2. The minimum absolute atomic E-state index is 0.123. The molecule has 45 heavy (non-hydrogen) atoms. The largest absolute Gasteiger partial charge is 0.456 e. The molecule has 1 aromatic rings. The molecule has 6 N–H and O–H groups in total. The Labute approximate surface area is 257 Å². The number of allylic oxidation sites excluding steroid dienone is 4. The molecule has 244 valence electrons. The predicted octanol–water partition coefficient (Wildman–Crippen LogP) is 1.11. The van der Waals surface area contributed by atoms with E-state index in [1.54, 1.807) is 13.0 Å². The van der Waals surface area contributed by atoms with Gasteiger partial charge in [-0.05, 0) is 68.4 Å². The van der Waals surface area contributed by atoms with Gasteiger partial charge < -0.3 is 25.4 Å². The fourth-order valence-corrected chi connectivity index (χ4v) is 8.23. The van der Waals surface area contributed by atoms with Gasteiger partial charge in [0, 0.05) is 22.3 Å². The highest BCUT2D eigenvalue weighted by Crippen LogP contribution is 2.69. The lowest BCUT2D eigenvalue weighted by Gasteiger charge is -2.62. The van der Waals surface area contributed by atoms with Crippen LogP contribution < -0.4 is 5.32 Å². The van der Waals surface area contributed by atoms with Crippen molar-refractivity contribution in [3.63, 3.8) is 0 Å². The second-order valence-corrected chi connectivity index (χ2v) is 12.8. The molecule has 8 atom stereocenters.